The molecule has 1 aliphatic rings. The van der Waals surface area contributed by atoms with Gasteiger partial charge in [0.1, 0.15) is 0 Å². The number of aromatic nitrogens is 2. The third-order valence-electron chi connectivity index (χ3n) is 4.23. The SMILES string of the molecule is Cn1cc([C@H]2CNC[C@@H]2C(=O)Nc2cccc(S(C)(=O)=O)c2)cn1. The van der Waals surface area contributed by atoms with E-state index in [1.165, 1.54) is 12.1 Å². The molecular formula is C16H20N4O3S. The van der Waals surface area contributed by atoms with E-state index in [1.54, 1.807) is 23.0 Å². The van der Waals surface area contributed by atoms with E-state index in [0.29, 0.717) is 18.8 Å². The van der Waals surface area contributed by atoms with E-state index in [0.717, 1.165) is 11.8 Å². The molecule has 1 aromatic heterocycles. The van der Waals surface area contributed by atoms with Gasteiger partial charge < -0.3 is 10.6 Å². The summed E-state index contributed by atoms with van der Waals surface area (Å²) in [6.07, 6.45) is 4.84. The van der Waals surface area contributed by atoms with Crippen LogP contribution in [0.25, 0.3) is 0 Å². The molecule has 1 aliphatic heterocycles. The second-order valence-corrected chi connectivity index (χ2v) is 8.12. The Bertz CT molecular complexity index is 860. The quantitative estimate of drug-likeness (QED) is 0.851. The lowest BCUT2D eigenvalue weighted by atomic mass is 9.90. The first-order chi connectivity index (χ1) is 11.3. The Hall–Kier alpha value is -2.19. The predicted molar refractivity (Wildman–Crippen MR) is 90.5 cm³/mol. The molecule has 0 unspecified atom stereocenters. The zero-order valence-corrected chi connectivity index (χ0v) is 14.4. The van der Waals surface area contributed by atoms with Crippen molar-refractivity contribution in [1.82, 2.24) is 15.1 Å². The molecule has 128 valence electrons. The normalized spacial score (nSPS) is 20.9. The van der Waals surface area contributed by atoms with E-state index >= 15 is 0 Å². The number of carbonyl (C=O) groups is 1. The minimum Gasteiger partial charge on any atom is -0.326 e. The average molecular weight is 348 g/mol. The highest BCUT2D eigenvalue weighted by Crippen LogP contribution is 2.29. The van der Waals surface area contributed by atoms with Crippen molar-refractivity contribution in [2.24, 2.45) is 13.0 Å². The summed E-state index contributed by atoms with van der Waals surface area (Å²) >= 11 is 0. The number of anilines is 1. The zero-order chi connectivity index (χ0) is 17.3. The fraction of sp³-hybridized carbons (Fsp3) is 0.375. The van der Waals surface area contributed by atoms with Crippen molar-refractivity contribution in [2.75, 3.05) is 24.7 Å². The molecule has 8 heteroatoms. The molecular weight excluding hydrogens is 328 g/mol. The van der Waals surface area contributed by atoms with Gasteiger partial charge in [0.25, 0.3) is 0 Å². The highest BCUT2D eigenvalue weighted by molar-refractivity contribution is 7.90. The van der Waals surface area contributed by atoms with E-state index in [9.17, 15) is 13.2 Å². The summed E-state index contributed by atoms with van der Waals surface area (Å²) in [6.45, 7) is 1.30. The van der Waals surface area contributed by atoms with Gasteiger partial charge in [0.15, 0.2) is 9.84 Å². The number of hydrogen-bond acceptors (Lipinski definition) is 5. The molecule has 2 heterocycles. The molecule has 0 bridgehead atoms. The number of nitrogens with zero attached hydrogens (tertiary/aromatic N) is 2. The lowest BCUT2D eigenvalue weighted by molar-refractivity contribution is -0.119. The average Bonchev–Trinajstić information content (AvgIpc) is 3.15. The summed E-state index contributed by atoms with van der Waals surface area (Å²) in [4.78, 5) is 12.8. The standard InChI is InChI=1S/C16H20N4O3S/c1-20-10-11(7-18-20)14-8-17-9-15(14)16(21)19-12-4-3-5-13(6-12)24(2,22)23/h3-7,10,14-15,17H,8-9H2,1-2H3,(H,19,21)/t14-,15+/m1/s1. The second-order valence-electron chi connectivity index (χ2n) is 6.11. The van der Waals surface area contributed by atoms with Gasteiger partial charge in [-0.1, -0.05) is 6.07 Å². The molecule has 1 saturated heterocycles. The first-order valence-electron chi connectivity index (χ1n) is 7.65. The predicted octanol–water partition coefficient (Wildman–Crippen LogP) is 0.765. The van der Waals surface area contributed by atoms with Crippen molar-refractivity contribution in [3.05, 3.63) is 42.2 Å². The number of rotatable bonds is 4. The van der Waals surface area contributed by atoms with E-state index in [1.807, 2.05) is 13.2 Å². The fourth-order valence-electron chi connectivity index (χ4n) is 2.98. The molecule has 24 heavy (non-hydrogen) atoms. The lowest BCUT2D eigenvalue weighted by Crippen LogP contribution is -2.28. The third-order valence-corrected chi connectivity index (χ3v) is 5.34. The molecule has 1 aromatic carbocycles. The van der Waals surface area contributed by atoms with Crippen molar-refractivity contribution in [3.63, 3.8) is 0 Å². The maximum Gasteiger partial charge on any atom is 0.229 e. The summed E-state index contributed by atoms with van der Waals surface area (Å²) < 4.78 is 25.0. The molecule has 0 aliphatic carbocycles. The number of aryl methyl sites for hydroxylation is 1. The molecule has 7 nitrogen and oxygen atoms in total. The smallest absolute Gasteiger partial charge is 0.229 e. The van der Waals surface area contributed by atoms with Gasteiger partial charge in [-0.15, -0.1) is 0 Å². The minimum absolute atomic E-state index is 0.0526. The molecule has 0 spiro atoms. The summed E-state index contributed by atoms with van der Waals surface area (Å²) in [6, 6.07) is 6.31. The topological polar surface area (TPSA) is 93.1 Å². The molecule has 1 amide bonds. The lowest BCUT2D eigenvalue weighted by Gasteiger charge is -2.17. The van der Waals surface area contributed by atoms with Crippen molar-refractivity contribution >= 4 is 21.4 Å². The summed E-state index contributed by atoms with van der Waals surface area (Å²) in [5.74, 6) is -0.299. The first kappa shape index (κ1) is 16.7. The van der Waals surface area contributed by atoms with Crippen molar-refractivity contribution < 1.29 is 13.2 Å². The van der Waals surface area contributed by atoms with E-state index < -0.39 is 9.84 Å². The van der Waals surface area contributed by atoms with Crippen molar-refractivity contribution in [3.8, 4) is 0 Å². The summed E-state index contributed by atoms with van der Waals surface area (Å²) in [7, 11) is -1.46. The van der Waals surface area contributed by atoms with Crippen LogP contribution in [0.2, 0.25) is 0 Å². The van der Waals surface area contributed by atoms with E-state index in [-0.39, 0.29) is 22.6 Å². The Morgan fingerprint density at radius 3 is 2.83 bits per heavy atom. The van der Waals surface area contributed by atoms with E-state index in [4.69, 9.17) is 0 Å². The molecule has 0 saturated carbocycles. The number of nitrogens with one attached hydrogen (secondary N) is 2. The van der Waals surface area contributed by atoms with Gasteiger partial charge in [-0.2, -0.15) is 5.10 Å². The van der Waals surface area contributed by atoms with Gasteiger partial charge in [0.2, 0.25) is 5.91 Å². The zero-order valence-electron chi connectivity index (χ0n) is 13.6. The number of benzene rings is 1. The molecule has 2 aromatic rings. The van der Waals surface area contributed by atoms with Gasteiger partial charge in [-0.3, -0.25) is 9.48 Å². The van der Waals surface area contributed by atoms with Crippen LogP contribution >= 0.6 is 0 Å². The van der Waals surface area contributed by atoms with Gasteiger partial charge in [-0.25, -0.2) is 8.42 Å². The number of hydrogen-bond donors (Lipinski definition) is 2. The summed E-state index contributed by atoms with van der Waals surface area (Å²) in [5.41, 5.74) is 1.51. The molecule has 0 radical (unpaired) electrons. The first-order valence-corrected chi connectivity index (χ1v) is 9.54. The van der Waals surface area contributed by atoms with Crippen LogP contribution in [-0.2, 0) is 21.7 Å². The van der Waals surface area contributed by atoms with Gasteiger partial charge in [-0.05, 0) is 23.8 Å². The molecule has 2 N–H and O–H groups in total. The van der Waals surface area contributed by atoms with Crippen LogP contribution in [0.1, 0.15) is 11.5 Å². The van der Waals surface area contributed by atoms with E-state index in [2.05, 4.69) is 15.7 Å². The Labute approximate surface area is 141 Å². The molecule has 3 rings (SSSR count). The van der Waals surface area contributed by atoms with Crippen LogP contribution in [0, 0.1) is 5.92 Å². The fourth-order valence-corrected chi connectivity index (χ4v) is 3.64. The Kier molecular flexibility index (Phi) is 4.42. The van der Waals surface area contributed by atoms with Crippen molar-refractivity contribution in [1.29, 1.82) is 0 Å². The van der Waals surface area contributed by atoms with Crippen LogP contribution in [-0.4, -0.2) is 43.5 Å². The van der Waals surface area contributed by atoms with Crippen molar-refractivity contribution in [2.45, 2.75) is 10.8 Å². The molecule has 1 fully saturated rings. The Balaban J connectivity index is 1.77. The monoisotopic (exact) mass is 348 g/mol. The number of amides is 1. The highest BCUT2D eigenvalue weighted by Gasteiger charge is 2.34. The van der Waals surface area contributed by atoms with Crippen LogP contribution < -0.4 is 10.6 Å². The Morgan fingerprint density at radius 1 is 1.38 bits per heavy atom. The molecule has 2 atom stereocenters. The van der Waals surface area contributed by atoms with Gasteiger partial charge in [0.05, 0.1) is 17.0 Å². The van der Waals surface area contributed by atoms with Crippen LogP contribution in [0.3, 0.4) is 0 Å². The Morgan fingerprint density at radius 2 is 2.17 bits per heavy atom. The maximum atomic E-state index is 12.6. The van der Waals surface area contributed by atoms with Gasteiger partial charge >= 0.3 is 0 Å². The third kappa shape index (κ3) is 3.49. The largest absolute Gasteiger partial charge is 0.326 e. The summed E-state index contributed by atoms with van der Waals surface area (Å²) in [5, 5.41) is 10.2. The number of sulfone groups is 1. The van der Waals surface area contributed by atoms with Crippen LogP contribution in [0.5, 0.6) is 0 Å². The van der Waals surface area contributed by atoms with Crippen LogP contribution in [0.4, 0.5) is 5.69 Å². The second kappa shape index (κ2) is 6.37. The maximum absolute atomic E-state index is 12.6. The number of carbonyl (C=O) groups excluding carboxylic acids is 1. The van der Waals surface area contributed by atoms with Crippen LogP contribution in [0.15, 0.2) is 41.6 Å². The van der Waals surface area contributed by atoms with Gasteiger partial charge in [0, 0.05) is 44.2 Å². The highest BCUT2D eigenvalue weighted by atomic mass is 32.2. The minimum atomic E-state index is -3.31.